The molecule has 1 aromatic carbocycles. The van der Waals surface area contributed by atoms with Gasteiger partial charge in [0.15, 0.2) is 5.13 Å². The van der Waals surface area contributed by atoms with Crippen LogP contribution in [0.3, 0.4) is 0 Å². The number of hydrogen-bond acceptors (Lipinski definition) is 4. The van der Waals surface area contributed by atoms with E-state index in [0.717, 1.165) is 29.4 Å². The van der Waals surface area contributed by atoms with E-state index in [9.17, 15) is 4.39 Å². The lowest BCUT2D eigenvalue weighted by Crippen LogP contribution is -2.20. The lowest BCUT2D eigenvalue weighted by molar-refractivity contribution is 0.561. The number of anilines is 1. The van der Waals surface area contributed by atoms with E-state index in [0.29, 0.717) is 6.54 Å². The van der Waals surface area contributed by atoms with Crippen molar-refractivity contribution < 1.29 is 4.39 Å². The van der Waals surface area contributed by atoms with Crippen LogP contribution in [0, 0.1) is 5.82 Å². The molecule has 114 valence electrons. The smallest absolute Gasteiger partial charge is 0.185 e. The number of nitrogens with zero attached hydrogens (tertiary/aromatic N) is 2. The molecule has 1 N–H and O–H groups in total. The fraction of sp³-hybridized carbons (Fsp3) is 0.438. The van der Waals surface area contributed by atoms with E-state index in [-0.39, 0.29) is 11.9 Å². The maximum absolute atomic E-state index is 13.2. The van der Waals surface area contributed by atoms with Crippen LogP contribution in [0.25, 0.3) is 0 Å². The average Bonchev–Trinajstić information content (AvgIpc) is 2.94. The van der Waals surface area contributed by atoms with Gasteiger partial charge in [0.05, 0.1) is 5.69 Å². The maximum Gasteiger partial charge on any atom is 0.185 e. The van der Waals surface area contributed by atoms with Crippen molar-refractivity contribution >= 4 is 16.5 Å². The lowest BCUT2D eigenvalue weighted by atomic mass is 10.2. The van der Waals surface area contributed by atoms with Crippen LogP contribution in [0.5, 0.6) is 0 Å². The molecule has 0 aliphatic carbocycles. The quantitative estimate of drug-likeness (QED) is 0.838. The van der Waals surface area contributed by atoms with Crippen molar-refractivity contribution in [3.8, 4) is 0 Å². The van der Waals surface area contributed by atoms with Gasteiger partial charge in [-0.1, -0.05) is 19.1 Å². The Labute approximate surface area is 129 Å². The number of nitrogens with one attached hydrogen (secondary N) is 1. The molecule has 2 aromatic rings. The second-order valence-corrected chi connectivity index (χ2v) is 6.05. The van der Waals surface area contributed by atoms with E-state index in [4.69, 9.17) is 0 Å². The Kier molecular flexibility index (Phi) is 5.70. The molecule has 0 saturated carbocycles. The summed E-state index contributed by atoms with van der Waals surface area (Å²) in [7, 11) is 1.98. The Morgan fingerprint density at radius 3 is 2.95 bits per heavy atom. The van der Waals surface area contributed by atoms with Crippen molar-refractivity contribution in [3.05, 3.63) is 46.7 Å². The zero-order valence-electron chi connectivity index (χ0n) is 12.8. The molecule has 0 spiro atoms. The molecule has 1 aromatic heterocycles. The Hall–Kier alpha value is -1.46. The first-order valence-electron chi connectivity index (χ1n) is 7.24. The highest BCUT2D eigenvalue weighted by atomic mass is 32.1. The lowest BCUT2D eigenvalue weighted by Gasteiger charge is -2.16. The Morgan fingerprint density at radius 2 is 2.24 bits per heavy atom. The minimum atomic E-state index is -0.196. The van der Waals surface area contributed by atoms with E-state index in [1.165, 1.54) is 6.07 Å². The van der Waals surface area contributed by atoms with Gasteiger partial charge >= 0.3 is 0 Å². The maximum atomic E-state index is 13.2. The van der Waals surface area contributed by atoms with Crippen LogP contribution in [0.15, 0.2) is 29.6 Å². The summed E-state index contributed by atoms with van der Waals surface area (Å²) in [5.41, 5.74) is 2.01. The summed E-state index contributed by atoms with van der Waals surface area (Å²) in [6, 6.07) is 6.96. The molecule has 0 saturated heterocycles. The van der Waals surface area contributed by atoms with Crippen LogP contribution < -0.4 is 10.2 Å². The van der Waals surface area contributed by atoms with Gasteiger partial charge < -0.3 is 10.2 Å². The highest BCUT2D eigenvalue weighted by Crippen LogP contribution is 2.24. The third kappa shape index (κ3) is 4.51. The van der Waals surface area contributed by atoms with Crippen LogP contribution in [0.1, 0.15) is 37.6 Å². The second-order valence-electron chi connectivity index (χ2n) is 5.22. The normalized spacial score (nSPS) is 12.4. The van der Waals surface area contributed by atoms with E-state index in [1.807, 2.05) is 13.1 Å². The summed E-state index contributed by atoms with van der Waals surface area (Å²) in [6.07, 6.45) is 1.11. The third-order valence-electron chi connectivity index (χ3n) is 3.29. The van der Waals surface area contributed by atoms with Crippen LogP contribution in [0.2, 0.25) is 0 Å². The molecule has 2 rings (SSSR count). The summed E-state index contributed by atoms with van der Waals surface area (Å²) in [6.45, 7) is 5.93. The van der Waals surface area contributed by atoms with Gasteiger partial charge in [-0.25, -0.2) is 9.37 Å². The summed E-state index contributed by atoms with van der Waals surface area (Å²) in [5, 5.41) is 6.48. The van der Waals surface area contributed by atoms with Crippen molar-refractivity contribution in [2.45, 2.75) is 32.9 Å². The van der Waals surface area contributed by atoms with Crippen molar-refractivity contribution in [3.63, 3.8) is 0 Å². The molecule has 0 aliphatic rings. The molecule has 0 radical (unpaired) electrons. The van der Waals surface area contributed by atoms with Crippen LogP contribution in [-0.4, -0.2) is 18.6 Å². The molecule has 0 fully saturated rings. The van der Waals surface area contributed by atoms with Gasteiger partial charge in [0.25, 0.3) is 0 Å². The number of benzene rings is 1. The average molecular weight is 307 g/mol. The molecular formula is C16H22FN3S. The first-order chi connectivity index (χ1) is 10.1. The van der Waals surface area contributed by atoms with E-state index < -0.39 is 0 Å². The van der Waals surface area contributed by atoms with Gasteiger partial charge in [0, 0.05) is 25.0 Å². The fourth-order valence-electron chi connectivity index (χ4n) is 2.09. The number of thiazole rings is 1. The predicted molar refractivity (Wildman–Crippen MR) is 87.3 cm³/mol. The standard InChI is InChI=1S/C16H22FN3S/c1-4-8-18-12(2)15-11-21-16(19-15)20(3)10-13-6-5-7-14(17)9-13/h5-7,9,11-12,18H,4,8,10H2,1-3H3. The van der Waals surface area contributed by atoms with Crippen LogP contribution in [0.4, 0.5) is 9.52 Å². The molecule has 0 aliphatic heterocycles. The summed E-state index contributed by atoms with van der Waals surface area (Å²) < 4.78 is 13.2. The summed E-state index contributed by atoms with van der Waals surface area (Å²) in [5.74, 6) is -0.196. The highest BCUT2D eigenvalue weighted by molar-refractivity contribution is 7.13. The number of halogens is 1. The number of aromatic nitrogens is 1. The Bertz CT molecular complexity index is 570. The van der Waals surface area contributed by atoms with Crippen molar-refractivity contribution in [1.29, 1.82) is 0 Å². The number of rotatable bonds is 7. The minimum Gasteiger partial charge on any atom is -0.347 e. The van der Waals surface area contributed by atoms with E-state index in [2.05, 4.69) is 34.4 Å². The summed E-state index contributed by atoms with van der Waals surface area (Å²) in [4.78, 5) is 6.72. The summed E-state index contributed by atoms with van der Waals surface area (Å²) >= 11 is 1.62. The van der Waals surface area contributed by atoms with E-state index >= 15 is 0 Å². The minimum absolute atomic E-state index is 0.196. The number of hydrogen-bond donors (Lipinski definition) is 1. The van der Waals surface area contributed by atoms with Gasteiger partial charge in [0.2, 0.25) is 0 Å². The van der Waals surface area contributed by atoms with E-state index in [1.54, 1.807) is 23.5 Å². The second kappa shape index (κ2) is 7.52. The molecule has 21 heavy (non-hydrogen) atoms. The monoisotopic (exact) mass is 307 g/mol. The van der Waals surface area contributed by atoms with Crippen LogP contribution >= 0.6 is 11.3 Å². The van der Waals surface area contributed by atoms with Crippen LogP contribution in [-0.2, 0) is 6.54 Å². The highest BCUT2D eigenvalue weighted by Gasteiger charge is 2.12. The fourth-order valence-corrected chi connectivity index (χ4v) is 2.98. The molecule has 1 atom stereocenters. The van der Waals surface area contributed by atoms with Gasteiger partial charge in [-0.3, -0.25) is 0 Å². The largest absolute Gasteiger partial charge is 0.347 e. The molecule has 5 heteroatoms. The SMILES string of the molecule is CCCNC(C)c1csc(N(C)Cc2cccc(F)c2)n1. The molecule has 1 unspecified atom stereocenters. The zero-order valence-corrected chi connectivity index (χ0v) is 13.6. The third-order valence-corrected chi connectivity index (χ3v) is 4.26. The van der Waals surface area contributed by atoms with Crippen molar-refractivity contribution in [2.24, 2.45) is 0 Å². The molecular weight excluding hydrogens is 285 g/mol. The van der Waals surface area contributed by atoms with Gasteiger partial charge in [-0.15, -0.1) is 11.3 Å². The van der Waals surface area contributed by atoms with Crippen molar-refractivity contribution in [1.82, 2.24) is 10.3 Å². The first kappa shape index (κ1) is 15.9. The van der Waals surface area contributed by atoms with Gasteiger partial charge in [0.1, 0.15) is 5.82 Å². The van der Waals surface area contributed by atoms with Gasteiger partial charge in [-0.05, 0) is 37.6 Å². The molecule has 0 bridgehead atoms. The molecule has 3 nitrogen and oxygen atoms in total. The topological polar surface area (TPSA) is 28.2 Å². The van der Waals surface area contributed by atoms with Gasteiger partial charge in [-0.2, -0.15) is 0 Å². The predicted octanol–water partition coefficient (Wildman–Crippen LogP) is 3.98. The molecule has 1 heterocycles. The van der Waals surface area contributed by atoms with Crippen molar-refractivity contribution in [2.75, 3.05) is 18.5 Å². The molecule has 0 amide bonds. The first-order valence-corrected chi connectivity index (χ1v) is 8.12. The Morgan fingerprint density at radius 1 is 1.43 bits per heavy atom. The Balaban J connectivity index is 2.00. The zero-order chi connectivity index (χ0) is 15.2.